The van der Waals surface area contributed by atoms with Crippen LogP contribution in [-0.2, 0) is 0 Å². The maximum absolute atomic E-state index is 9.13. The maximum atomic E-state index is 9.13. The van der Waals surface area contributed by atoms with Crippen LogP contribution < -0.4 is 5.32 Å². The molecular formula is C11H15N3O. The van der Waals surface area contributed by atoms with E-state index >= 15 is 0 Å². The maximum Gasteiger partial charge on any atom is 0.142 e. The van der Waals surface area contributed by atoms with Gasteiger partial charge in [0.05, 0.1) is 12.6 Å². The van der Waals surface area contributed by atoms with Gasteiger partial charge in [0.2, 0.25) is 0 Å². The summed E-state index contributed by atoms with van der Waals surface area (Å²) in [6, 6.07) is 7.14. The SMILES string of the molecule is CC(C)C(CO)Nc1cccc(C#N)n1. The van der Waals surface area contributed by atoms with Gasteiger partial charge in [-0.3, -0.25) is 0 Å². The van der Waals surface area contributed by atoms with Gasteiger partial charge in [-0.1, -0.05) is 19.9 Å². The van der Waals surface area contributed by atoms with Crippen LogP contribution in [0.2, 0.25) is 0 Å². The number of aromatic nitrogens is 1. The van der Waals surface area contributed by atoms with Crippen molar-refractivity contribution in [3.05, 3.63) is 23.9 Å². The molecule has 80 valence electrons. The van der Waals surface area contributed by atoms with E-state index in [1.807, 2.05) is 19.9 Å². The molecule has 0 aromatic carbocycles. The highest BCUT2D eigenvalue weighted by Crippen LogP contribution is 2.10. The average molecular weight is 205 g/mol. The van der Waals surface area contributed by atoms with Gasteiger partial charge in [-0.05, 0) is 18.1 Å². The molecule has 1 atom stereocenters. The molecule has 1 aromatic heterocycles. The summed E-state index contributed by atoms with van der Waals surface area (Å²) in [5.41, 5.74) is 0.375. The van der Waals surface area contributed by atoms with Crippen LogP contribution >= 0.6 is 0 Å². The van der Waals surface area contributed by atoms with E-state index in [0.717, 1.165) is 0 Å². The fraction of sp³-hybridized carbons (Fsp3) is 0.455. The quantitative estimate of drug-likeness (QED) is 0.779. The predicted octanol–water partition coefficient (Wildman–Crippen LogP) is 1.38. The lowest BCUT2D eigenvalue weighted by molar-refractivity contribution is 0.249. The predicted molar refractivity (Wildman–Crippen MR) is 58.3 cm³/mol. The van der Waals surface area contributed by atoms with Gasteiger partial charge in [-0.25, -0.2) is 4.98 Å². The monoisotopic (exact) mass is 205 g/mol. The van der Waals surface area contributed by atoms with Crippen molar-refractivity contribution in [3.63, 3.8) is 0 Å². The Bertz CT molecular complexity index is 357. The topological polar surface area (TPSA) is 68.9 Å². The summed E-state index contributed by atoms with van der Waals surface area (Å²) in [6.45, 7) is 4.08. The van der Waals surface area contributed by atoms with E-state index in [4.69, 9.17) is 10.4 Å². The lowest BCUT2D eigenvalue weighted by atomic mass is 10.1. The van der Waals surface area contributed by atoms with E-state index in [-0.39, 0.29) is 12.6 Å². The summed E-state index contributed by atoms with van der Waals surface area (Å²) in [5, 5.41) is 20.9. The minimum absolute atomic E-state index is 0.0357. The molecule has 0 spiro atoms. The smallest absolute Gasteiger partial charge is 0.142 e. The molecule has 4 nitrogen and oxygen atoms in total. The number of nitrogens with one attached hydrogen (secondary N) is 1. The first kappa shape index (κ1) is 11.5. The van der Waals surface area contributed by atoms with Crippen molar-refractivity contribution in [1.82, 2.24) is 4.98 Å². The summed E-state index contributed by atoms with van der Waals surface area (Å²) in [7, 11) is 0. The van der Waals surface area contributed by atoms with Crippen LogP contribution in [0.5, 0.6) is 0 Å². The first-order valence-electron chi connectivity index (χ1n) is 4.92. The van der Waals surface area contributed by atoms with Crippen LogP contribution in [0.1, 0.15) is 19.5 Å². The van der Waals surface area contributed by atoms with Crippen molar-refractivity contribution in [2.45, 2.75) is 19.9 Å². The normalized spacial score (nSPS) is 12.2. The van der Waals surface area contributed by atoms with Gasteiger partial charge >= 0.3 is 0 Å². The highest BCUT2D eigenvalue weighted by molar-refractivity contribution is 5.39. The van der Waals surface area contributed by atoms with Crippen LogP contribution in [-0.4, -0.2) is 22.7 Å². The van der Waals surface area contributed by atoms with Gasteiger partial charge in [-0.15, -0.1) is 0 Å². The molecule has 1 heterocycles. The fourth-order valence-corrected chi connectivity index (χ4v) is 1.19. The number of anilines is 1. The zero-order chi connectivity index (χ0) is 11.3. The molecule has 1 aromatic rings. The van der Waals surface area contributed by atoms with Crippen molar-refractivity contribution >= 4 is 5.82 Å². The Labute approximate surface area is 89.6 Å². The highest BCUT2D eigenvalue weighted by Gasteiger charge is 2.12. The van der Waals surface area contributed by atoms with E-state index in [1.54, 1.807) is 18.2 Å². The number of hydrogen-bond acceptors (Lipinski definition) is 4. The molecule has 0 radical (unpaired) electrons. The standard InChI is InChI=1S/C11H15N3O/c1-8(2)10(7-15)14-11-5-3-4-9(6-12)13-11/h3-5,8,10,15H,7H2,1-2H3,(H,13,14). The van der Waals surface area contributed by atoms with Crippen molar-refractivity contribution in [3.8, 4) is 6.07 Å². The number of pyridine rings is 1. The summed E-state index contributed by atoms with van der Waals surface area (Å²) in [5.74, 6) is 0.935. The summed E-state index contributed by atoms with van der Waals surface area (Å²) in [4.78, 5) is 4.08. The molecule has 1 unspecified atom stereocenters. The van der Waals surface area contributed by atoms with Gasteiger partial charge in [0.15, 0.2) is 0 Å². The number of nitrogens with zero attached hydrogens (tertiary/aromatic N) is 2. The third kappa shape index (κ3) is 3.22. The van der Waals surface area contributed by atoms with Crippen molar-refractivity contribution in [2.75, 3.05) is 11.9 Å². The first-order chi connectivity index (χ1) is 7.17. The summed E-state index contributed by atoms with van der Waals surface area (Å²) in [6.07, 6.45) is 0. The molecule has 2 N–H and O–H groups in total. The number of hydrogen-bond donors (Lipinski definition) is 2. The fourth-order valence-electron chi connectivity index (χ4n) is 1.19. The van der Waals surface area contributed by atoms with Crippen molar-refractivity contribution in [2.24, 2.45) is 5.92 Å². The lowest BCUT2D eigenvalue weighted by Gasteiger charge is -2.20. The molecule has 0 aliphatic rings. The van der Waals surface area contributed by atoms with Gasteiger partial charge in [0, 0.05) is 0 Å². The Hall–Kier alpha value is -1.60. The Kier molecular flexibility index (Phi) is 4.07. The molecule has 15 heavy (non-hydrogen) atoms. The zero-order valence-electron chi connectivity index (χ0n) is 8.94. The Balaban J connectivity index is 2.75. The first-order valence-corrected chi connectivity index (χ1v) is 4.92. The molecule has 0 bridgehead atoms. The van der Waals surface area contributed by atoms with E-state index in [1.165, 1.54) is 0 Å². The highest BCUT2D eigenvalue weighted by atomic mass is 16.3. The molecule has 1 rings (SSSR count). The molecule has 0 aliphatic carbocycles. The van der Waals surface area contributed by atoms with Crippen LogP contribution in [0.15, 0.2) is 18.2 Å². The molecule has 0 saturated heterocycles. The minimum atomic E-state index is -0.0357. The summed E-state index contributed by atoms with van der Waals surface area (Å²) < 4.78 is 0. The van der Waals surface area contributed by atoms with Crippen LogP contribution in [0.4, 0.5) is 5.82 Å². The molecule has 0 fully saturated rings. The molecule has 0 amide bonds. The van der Waals surface area contributed by atoms with Crippen molar-refractivity contribution in [1.29, 1.82) is 5.26 Å². The van der Waals surface area contributed by atoms with Gasteiger partial charge in [-0.2, -0.15) is 5.26 Å². The number of nitriles is 1. The lowest BCUT2D eigenvalue weighted by Crippen LogP contribution is -2.29. The molecule has 0 saturated carbocycles. The average Bonchev–Trinajstić information content (AvgIpc) is 2.25. The van der Waals surface area contributed by atoms with Crippen LogP contribution in [0.25, 0.3) is 0 Å². The van der Waals surface area contributed by atoms with E-state index in [2.05, 4.69) is 10.3 Å². The second-order valence-electron chi connectivity index (χ2n) is 3.70. The number of aliphatic hydroxyl groups is 1. The van der Waals surface area contributed by atoms with Gasteiger partial charge < -0.3 is 10.4 Å². The minimum Gasteiger partial charge on any atom is -0.394 e. The number of aliphatic hydroxyl groups excluding tert-OH is 1. The van der Waals surface area contributed by atoms with E-state index in [0.29, 0.717) is 17.4 Å². The Morgan fingerprint density at radius 3 is 2.80 bits per heavy atom. The molecular weight excluding hydrogens is 190 g/mol. The van der Waals surface area contributed by atoms with Gasteiger partial charge in [0.1, 0.15) is 17.6 Å². The second-order valence-corrected chi connectivity index (χ2v) is 3.70. The Morgan fingerprint density at radius 1 is 1.53 bits per heavy atom. The van der Waals surface area contributed by atoms with Gasteiger partial charge in [0.25, 0.3) is 0 Å². The number of rotatable bonds is 4. The third-order valence-electron chi connectivity index (χ3n) is 2.20. The van der Waals surface area contributed by atoms with E-state index < -0.39 is 0 Å². The third-order valence-corrected chi connectivity index (χ3v) is 2.20. The van der Waals surface area contributed by atoms with Crippen LogP contribution in [0, 0.1) is 17.2 Å². The largest absolute Gasteiger partial charge is 0.394 e. The second kappa shape index (κ2) is 5.32. The Morgan fingerprint density at radius 2 is 2.27 bits per heavy atom. The van der Waals surface area contributed by atoms with Crippen molar-refractivity contribution < 1.29 is 5.11 Å². The van der Waals surface area contributed by atoms with E-state index in [9.17, 15) is 0 Å². The zero-order valence-corrected chi connectivity index (χ0v) is 8.94. The summed E-state index contributed by atoms with van der Waals surface area (Å²) >= 11 is 0. The molecule has 4 heteroatoms. The van der Waals surface area contributed by atoms with Crippen LogP contribution in [0.3, 0.4) is 0 Å². The molecule has 0 aliphatic heterocycles.